The first kappa shape index (κ1) is 16.8. The van der Waals surface area contributed by atoms with E-state index >= 15 is 0 Å². The van der Waals surface area contributed by atoms with Crippen molar-refractivity contribution in [2.24, 2.45) is 5.92 Å². The number of rotatable bonds is 7. The second-order valence-electron chi connectivity index (χ2n) is 6.45. The molecule has 1 unspecified atom stereocenters. The molecule has 1 aliphatic heterocycles. The molecule has 22 heavy (non-hydrogen) atoms. The first-order valence-electron chi connectivity index (χ1n) is 8.20. The lowest BCUT2D eigenvalue weighted by atomic mass is 10.2. The van der Waals surface area contributed by atoms with Gasteiger partial charge in [-0.15, -0.1) is 0 Å². The minimum Gasteiger partial charge on any atom is -0.492 e. The van der Waals surface area contributed by atoms with Gasteiger partial charge in [0.15, 0.2) is 0 Å². The highest BCUT2D eigenvalue weighted by Crippen LogP contribution is 2.16. The van der Waals surface area contributed by atoms with Gasteiger partial charge in [-0.05, 0) is 44.0 Å². The summed E-state index contributed by atoms with van der Waals surface area (Å²) >= 11 is 0. The number of hydrogen-bond acceptors (Lipinski definition) is 3. The van der Waals surface area contributed by atoms with Crippen LogP contribution in [0.5, 0.6) is 5.75 Å². The molecule has 1 aliphatic rings. The summed E-state index contributed by atoms with van der Waals surface area (Å²) in [7, 11) is 2.04. The Hall–Kier alpha value is -1.55. The van der Waals surface area contributed by atoms with Crippen molar-refractivity contribution >= 4 is 5.91 Å². The van der Waals surface area contributed by atoms with Gasteiger partial charge in [0.2, 0.25) is 5.91 Å². The molecule has 1 aromatic carbocycles. The van der Waals surface area contributed by atoms with Crippen LogP contribution < -0.4 is 4.74 Å². The molecule has 0 spiro atoms. The zero-order valence-electron chi connectivity index (χ0n) is 14.0. The van der Waals surface area contributed by atoms with Crippen molar-refractivity contribution in [2.45, 2.75) is 26.7 Å². The number of hydrogen-bond donors (Lipinski definition) is 0. The maximum absolute atomic E-state index is 12.1. The zero-order valence-corrected chi connectivity index (χ0v) is 14.0. The number of nitrogens with zero attached hydrogens (tertiary/aromatic N) is 2. The van der Waals surface area contributed by atoms with Gasteiger partial charge in [-0.1, -0.05) is 19.1 Å². The van der Waals surface area contributed by atoms with E-state index in [-0.39, 0.29) is 5.91 Å². The Bertz CT molecular complexity index is 490. The average molecular weight is 304 g/mol. The maximum Gasteiger partial charge on any atom is 0.223 e. The summed E-state index contributed by atoms with van der Waals surface area (Å²) in [4.78, 5) is 16.3. The van der Waals surface area contributed by atoms with E-state index in [1.54, 1.807) is 0 Å². The highest BCUT2D eigenvalue weighted by atomic mass is 16.5. The minimum absolute atomic E-state index is 0.288. The van der Waals surface area contributed by atoms with Crippen molar-refractivity contribution in [2.75, 3.05) is 39.8 Å². The predicted octanol–water partition coefficient (Wildman–Crippen LogP) is 2.56. The number of carbonyl (C=O) groups excluding carboxylic acids is 1. The summed E-state index contributed by atoms with van der Waals surface area (Å²) < 4.78 is 5.74. The minimum atomic E-state index is 0.288. The fourth-order valence-electron chi connectivity index (χ4n) is 2.74. The highest BCUT2D eigenvalue weighted by molar-refractivity contribution is 5.76. The number of likely N-dealkylation sites (N-methyl/N-ethyl adjacent to an activating group) is 1. The van der Waals surface area contributed by atoms with Crippen molar-refractivity contribution in [1.82, 2.24) is 9.80 Å². The molecule has 1 heterocycles. The van der Waals surface area contributed by atoms with Gasteiger partial charge in [0.1, 0.15) is 12.4 Å². The van der Waals surface area contributed by atoms with E-state index in [9.17, 15) is 4.79 Å². The largest absolute Gasteiger partial charge is 0.492 e. The van der Waals surface area contributed by atoms with E-state index in [0.29, 0.717) is 18.9 Å². The lowest BCUT2D eigenvalue weighted by molar-refractivity contribution is -0.130. The molecule has 0 saturated carbocycles. The van der Waals surface area contributed by atoms with E-state index in [1.807, 2.05) is 30.1 Å². The Balaban J connectivity index is 1.61. The van der Waals surface area contributed by atoms with Crippen LogP contribution in [-0.4, -0.2) is 55.5 Å². The number of amides is 1. The van der Waals surface area contributed by atoms with Crippen molar-refractivity contribution in [1.29, 1.82) is 0 Å². The Morgan fingerprint density at radius 3 is 2.91 bits per heavy atom. The van der Waals surface area contributed by atoms with Gasteiger partial charge in [0.25, 0.3) is 0 Å². The van der Waals surface area contributed by atoms with E-state index in [1.165, 1.54) is 5.56 Å². The standard InChI is InChI=1S/C18H28N2O2/c1-15-5-4-6-17(13-15)22-12-11-19(3)9-8-18(21)20-10-7-16(2)14-20/h4-6,13,16H,7-12,14H2,1-3H3. The third-order valence-corrected chi connectivity index (χ3v) is 4.22. The molecule has 122 valence electrons. The van der Waals surface area contributed by atoms with Crippen LogP contribution in [0.4, 0.5) is 0 Å². The third-order valence-electron chi connectivity index (χ3n) is 4.22. The van der Waals surface area contributed by atoms with E-state index in [0.717, 1.165) is 38.3 Å². The molecule has 2 rings (SSSR count). The number of benzene rings is 1. The smallest absolute Gasteiger partial charge is 0.223 e. The summed E-state index contributed by atoms with van der Waals surface area (Å²) in [6.45, 7) is 8.40. The Morgan fingerprint density at radius 2 is 2.23 bits per heavy atom. The number of likely N-dealkylation sites (tertiary alicyclic amines) is 1. The molecule has 4 nitrogen and oxygen atoms in total. The zero-order chi connectivity index (χ0) is 15.9. The lowest BCUT2D eigenvalue weighted by Crippen LogP contribution is -2.33. The van der Waals surface area contributed by atoms with E-state index in [2.05, 4.69) is 24.8 Å². The van der Waals surface area contributed by atoms with Gasteiger partial charge >= 0.3 is 0 Å². The average Bonchev–Trinajstić information content (AvgIpc) is 2.91. The van der Waals surface area contributed by atoms with Crippen LogP contribution in [0, 0.1) is 12.8 Å². The topological polar surface area (TPSA) is 32.8 Å². The summed E-state index contributed by atoms with van der Waals surface area (Å²) in [5, 5.41) is 0. The molecule has 1 amide bonds. The maximum atomic E-state index is 12.1. The quantitative estimate of drug-likeness (QED) is 0.776. The molecule has 1 fully saturated rings. The fraction of sp³-hybridized carbons (Fsp3) is 0.611. The van der Waals surface area contributed by atoms with Crippen LogP contribution in [0.25, 0.3) is 0 Å². The van der Waals surface area contributed by atoms with Crippen molar-refractivity contribution in [3.63, 3.8) is 0 Å². The Kier molecular flexibility index (Phi) is 6.25. The van der Waals surface area contributed by atoms with Crippen LogP contribution in [0.1, 0.15) is 25.3 Å². The summed E-state index contributed by atoms with van der Waals surface area (Å²) in [5.41, 5.74) is 1.20. The molecule has 1 saturated heterocycles. The Morgan fingerprint density at radius 1 is 1.41 bits per heavy atom. The molecule has 0 aliphatic carbocycles. The highest BCUT2D eigenvalue weighted by Gasteiger charge is 2.22. The summed E-state index contributed by atoms with van der Waals surface area (Å²) in [6.07, 6.45) is 1.75. The van der Waals surface area contributed by atoms with Crippen LogP contribution >= 0.6 is 0 Å². The van der Waals surface area contributed by atoms with Crippen molar-refractivity contribution < 1.29 is 9.53 Å². The van der Waals surface area contributed by atoms with Crippen molar-refractivity contribution in [3.05, 3.63) is 29.8 Å². The monoisotopic (exact) mass is 304 g/mol. The second kappa shape index (κ2) is 8.18. The molecule has 0 aromatic heterocycles. The lowest BCUT2D eigenvalue weighted by Gasteiger charge is -2.20. The van der Waals surface area contributed by atoms with Crippen LogP contribution in [-0.2, 0) is 4.79 Å². The molecule has 4 heteroatoms. The van der Waals surface area contributed by atoms with Crippen LogP contribution in [0.15, 0.2) is 24.3 Å². The number of aryl methyl sites for hydroxylation is 1. The van der Waals surface area contributed by atoms with Crippen molar-refractivity contribution in [3.8, 4) is 5.75 Å². The SMILES string of the molecule is Cc1cccc(OCCN(C)CCC(=O)N2CCC(C)C2)c1. The molecule has 0 radical (unpaired) electrons. The number of carbonyl (C=O) groups is 1. The predicted molar refractivity (Wildman–Crippen MR) is 89.1 cm³/mol. The summed E-state index contributed by atoms with van der Waals surface area (Å²) in [5.74, 6) is 1.86. The van der Waals surface area contributed by atoms with Crippen LogP contribution in [0.3, 0.4) is 0 Å². The van der Waals surface area contributed by atoms with E-state index < -0.39 is 0 Å². The number of ether oxygens (including phenoxy) is 1. The van der Waals surface area contributed by atoms with Gasteiger partial charge < -0.3 is 14.5 Å². The van der Waals surface area contributed by atoms with E-state index in [4.69, 9.17) is 4.74 Å². The Labute approximate surface area is 134 Å². The molecular weight excluding hydrogens is 276 g/mol. The molecular formula is C18H28N2O2. The normalized spacial score (nSPS) is 18.0. The third kappa shape index (κ3) is 5.34. The van der Waals surface area contributed by atoms with Gasteiger partial charge in [0, 0.05) is 32.6 Å². The first-order valence-corrected chi connectivity index (χ1v) is 8.20. The molecule has 1 atom stereocenters. The fourth-order valence-corrected chi connectivity index (χ4v) is 2.74. The van der Waals surface area contributed by atoms with Gasteiger partial charge in [0.05, 0.1) is 0 Å². The second-order valence-corrected chi connectivity index (χ2v) is 6.45. The van der Waals surface area contributed by atoms with Crippen LogP contribution in [0.2, 0.25) is 0 Å². The first-order chi connectivity index (χ1) is 10.5. The van der Waals surface area contributed by atoms with Gasteiger partial charge in [-0.25, -0.2) is 0 Å². The van der Waals surface area contributed by atoms with Gasteiger partial charge in [-0.2, -0.15) is 0 Å². The molecule has 0 bridgehead atoms. The molecule has 1 aromatic rings. The van der Waals surface area contributed by atoms with Gasteiger partial charge in [-0.3, -0.25) is 4.79 Å². The summed E-state index contributed by atoms with van der Waals surface area (Å²) in [6, 6.07) is 8.08. The molecule has 0 N–H and O–H groups in total.